The standard InChI is InChI=1S/C56H32N4S2/c1-5-13-46-39(9-1)41-26-29-50-52(43-11-3-7-15-48(43)61-50)54(41)59(46)37-22-17-33(18-23-37)35-21-28-45-36(31-35)32-57-56(58-45)34-19-24-38(25-20-34)60-47-14-6-2-10-40(47)42-27-30-51-53(55(42)60)44-12-4-8-16-49(44)62-51/h1-32H. The molecular formula is C56H32N4S2. The van der Waals surface area contributed by atoms with Gasteiger partial charge in [0.05, 0.1) is 27.6 Å². The first-order chi connectivity index (χ1) is 30.7. The summed E-state index contributed by atoms with van der Waals surface area (Å²) in [6.45, 7) is 0. The fourth-order valence-corrected chi connectivity index (χ4v) is 12.2. The molecule has 9 aromatic carbocycles. The van der Waals surface area contributed by atoms with Gasteiger partial charge in [0.15, 0.2) is 5.82 Å². The van der Waals surface area contributed by atoms with Gasteiger partial charge < -0.3 is 9.13 Å². The van der Waals surface area contributed by atoms with Crippen LogP contribution in [0.2, 0.25) is 0 Å². The topological polar surface area (TPSA) is 35.6 Å². The van der Waals surface area contributed by atoms with E-state index in [-0.39, 0.29) is 0 Å². The van der Waals surface area contributed by atoms with Gasteiger partial charge in [-0.05, 0) is 96.1 Å². The van der Waals surface area contributed by atoms with Crippen molar-refractivity contribution >= 4 is 118 Å². The van der Waals surface area contributed by atoms with Gasteiger partial charge in [-0.1, -0.05) is 103 Å². The highest BCUT2D eigenvalue weighted by molar-refractivity contribution is 7.26. The number of hydrogen-bond donors (Lipinski definition) is 0. The molecule has 5 heterocycles. The first-order valence-corrected chi connectivity index (χ1v) is 22.5. The maximum Gasteiger partial charge on any atom is 0.159 e. The Morgan fingerprint density at radius 2 is 0.855 bits per heavy atom. The Labute approximate surface area is 362 Å². The summed E-state index contributed by atoms with van der Waals surface area (Å²) in [4.78, 5) is 9.97. The highest BCUT2D eigenvalue weighted by Gasteiger charge is 2.20. The summed E-state index contributed by atoms with van der Waals surface area (Å²) in [5.74, 6) is 0.716. The molecule has 0 atom stereocenters. The van der Waals surface area contributed by atoms with Crippen molar-refractivity contribution in [1.82, 2.24) is 19.1 Å². The highest BCUT2D eigenvalue weighted by atomic mass is 32.1. The molecule has 0 aliphatic rings. The minimum Gasteiger partial charge on any atom is -0.309 e. The lowest BCUT2D eigenvalue weighted by Crippen LogP contribution is -1.95. The zero-order valence-corrected chi connectivity index (χ0v) is 34.7. The average Bonchev–Trinajstić information content (AvgIpc) is 4.09. The first-order valence-electron chi connectivity index (χ1n) is 20.9. The van der Waals surface area contributed by atoms with Crippen molar-refractivity contribution in [3.63, 3.8) is 0 Å². The predicted octanol–water partition coefficient (Wildman–Crippen LogP) is 15.9. The van der Waals surface area contributed by atoms with E-state index in [1.165, 1.54) is 84.0 Å². The van der Waals surface area contributed by atoms with Gasteiger partial charge in [0.25, 0.3) is 0 Å². The second kappa shape index (κ2) is 12.9. The molecule has 288 valence electrons. The molecule has 0 amide bonds. The van der Waals surface area contributed by atoms with E-state index in [4.69, 9.17) is 9.97 Å². The van der Waals surface area contributed by atoms with Crippen molar-refractivity contribution in [1.29, 1.82) is 0 Å². The summed E-state index contributed by atoms with van der Waals surface area (Å²) in [7, 11) is 0. The molecule has 6 heteroatoms. The van der Waals surface area contributed by atoms with Crippen LogP contribution in [0.3, 0.4) is 0 Å². The van der Waals surface area contributed by atoms with Crippen LogP contribution >= 0.6 is 22.7 Å². The molecule has 0 aliphatic heterocycles. The van der Waals surface area contributed by atoms with Crippen LogP contribution < -0.4 is 0 Å². The quantitative estimate of drug-likeness (QED) is 0.177. The molecule has 0 fully saturated rings. The smallest absolute Gasteiger partial charge is 0.159 e. The zero-order valence-electron chi connectivity index (χ0n) is 33.1. The van der Waals surface area contributed by atoms with E-state index in [0.29, 0.717) is 5.82 Å². The highest BCUT2D eigenvalue weighted by Crippen LogP contribution is 2.45. The Balaban J connectivity index is 0.818. The molecule has 14 aromatic rings. The molecule has 4 nitrogen and oxygen atoms in total. The van der Waals surface area contributed by atoms with Crippen LogP contribution in [0.15, 0.2) is 194 Å². The van der Waals surface area contributed by atoms with Gasteiger partial charge in [-0.3, -0.25) is 0 Å². The Morgan fingerprint density at radius 3 is 1.42 bits per heavy atom. The van der Waals surface area contributed by atoms with E-state index < -0.39 is 0 Å². The van der Waals surface area contributed by atoms with Crippen LogP contribution in [-0.4, -0.2) is 19.1 Å². The van der Waals surface area contributed by atoms with Gasteiger partial charge in [-0.15, -0.1) is 22.7 Å². The number of rotatable bonds is 4. The van der Waals surface area contributed by atoms with Gasteiger partial charge in [0.2, 0.25) is 0 Å². The molecule has 5 aromatic heterocycles. The molecule has 0 unspecified atom stereocenters. The molecule has 0 N–H and O–H groups in total. The number of nitrogens with zero attached hydrogens (tertiary/aromatic N) is 4. The lowest BCUT2D eigenvalue weighted by Gasteiger charge is -2.11. The van der Waals surface area contributed by atoms with E-state index in [9.17, 15) is 0 Å². The lowest BCUT2D eigenvalue weighted by atomic mass is 10.0. The fraction of sp³-hybridized carbons (Fsp3) is 0. The largest absolute Gasteiger partial charge is 0.309 e. The molecule has 14 rings (SSSR count). The number of fused-ring (bicyclic) bond motifs is 15. The van der Waals surface area contributed by atoms with Crippen LogP contribution in [0, 0.1) is 0 Å². The normalized spacial score (nSPS) is 12.2. The Bertz CT molecular complexity index is 3880. The maximum atomic E-state index is 5.07. The Kier molecular flexibility index (Phi) is 7.11. The van der Waals surface area contributed by atoms with Crippen molar-refractivity contribution in [3.8, 4) is 33.9 Å². The van der Waals surface area contributed by atoms with E-state index in [1.54, 1.807) is 0 Å². The van der Waals surface area contributed by atoms with Gasteiger partial charge >= 0.3 is 0 Å². The fourth-order valence-electron chi connectivity index (χ4n) is 9.98. The van der Waals surface area contributed by atoms with E-state index in [1.807, 2.05) is 28.9 Å². The molecule has 0 saturated heterocycles. The van der Waals surface area contributed by atoms with Gasteiger partial charge in [0.1, 0.15) is 0 Å². The first kappa shape index (κ1) is 34.1. The van der Waals surface area contributed by atoms with Crippen LogP contribution in [0.25, 0.3) is 129 Å². The number of benzene rings is 9. The number of para-hydroxylation sites is 2. The van der Waals surface area contributed by atoms with Gasteiger partial charge in [0, 0.05) is 90.4 Å². The predicted molar refractivity (Wildman–Crippen MR) is 265 cm³/mol. The second-order valence-corrected chi connectivity index (χ2v) is 18.3. The Hall–Kier alpha value is -7.64. The minimum absolute atomic E-state index is 0.716. The van der Waals surface area contributed by atoms with Crippen molar-refractivity contribution in [2.24, 2.45) is 0 Å². The van der Waals surface area contributed by atoms with Crippen LogP contribution in [0.4, 0.5) is 0 Å². The third kappa shape index (κ3) is 4.87. The van der Waals surface area contributed by atoms with Crippen molar-refractivity contribution < 1.29 is 0 Å². The van der Waals surface area contributed by atoms with Crippen molar-refractivity contribution in [2.75, 3.05) is 0 Å². The van der Waals surface area contributed by atoms with Crippen molar-refractivity contribution in [3.05, 3.63) is 194 Å². The molecule has 0 aliphatic carbocycles. The SMILES string of the molecule is c1ccc2c(c1)sc1ccc3c4ccccc4n(-c4ccc(-c5ccc6nc(-c7ccc(-n8c9ccccc9c9ccc%10sc%11ccccc%11c%10c98)cc7)ncc6c5)cc4)c3c12. The maximum absolute atomic E-state index is 5.07. The van der Waals surface area contributed by atoms with Crippen LogP contribution in [0.5, 0.6) is 0 Å². The molecule has 0 radical (unpaired) electrons. The number of aromatic nitrogens is 4. The molecule has 0 bridgehead atoms. The minimum atomic E-state index is 0.716. The molecular weight excluding hydrogens is 793 g/mol. The molecule has 0 spiro atoms. The van der Waals surface area contributed by atoms with Crippen LogP contribution in [-0.2, 0) is 0 Å². The third-order valence-electron chi connectivity index (χ3n) is 12.8. The van der Waals surface area contributed by atoms with Crippen LogP contribution in [0.1, 0.15) is 0 Å². The van der Waals surface area contributed by atoms with E-state index in [2.05, 4.69) is 197 Å². The average molecular weight is 825 g/mol. The van der Waals surface area contributed by atoms with E-state index >= 15 is 0 Å². The summed E-state index contributed by atoms with van der Waals surface area (Å²) in [6, 6.07) is 68.4. The number of hydrogen-bond acceptors (Lipinski definition) is 4. The van der Waals surface area contributed by atoms with Crippen molar-refractivity contribution in [2.45, 2.75) is 0 Å². The summed E-state index contributed by atoms with van der Waals surface area (Å²) in [5, 5.41) is 11.3. The summed E-state index contributed by atoms with van der Waals surface area (Å²) < 4.78 is 10.1. The summed E-state index contributed by atoms with van der Waals surface area (Å²) >= 11 is 3.73. The summed E-state index contributed by atoms with van der Waals surface area (Å²) in [6.07, 6.45) is 1.96. The second-order valence-electron chi connectivity index (χ2n) is 16.1. The summed E-state index contributed by atoms with van der Waals surface area (Å²) in [5.41, 5.74) is 11.4. The van der Waals surface area contributed by atoms with Gasteiger partial charge in [-0.25, -0.2) is 9.97 Å². The third-order valence-corrected chi connectivity index (χ3v) is 15.0. The van der Waals surface area contributed by atoms with E-state index in [0.717, 1.165) is 39.0 Å². The molecule has 0 saturated carbocycles. The zero-order chi connectivity index (χ0) is 40.5. The Morgan fingerprint density at radius 1 is 0.371 bits per heavy atom. The monoisotopic (exact) mass is 824 g/mol. The number of thiophene rings is 2. The molecule has 62 heavy (non-hydrogen) atoms. The van der Waals surface area contributed by atoms with Gasteiger partial charge in [-0.2, -0.15) is 0 Å². The lowest BCUT2D eigenvalue weighted by molar-refractivity contribution is 1.18.